The first-order chi connectivity index (χ1) is 11.4. The average molecular weight is 398 g/mol. The van der Waals surface area contributed by atoms with Gasteiger partial charge < -0.3 is 4.74 Å². The van der Waals surface area contributed by atoms with E-state index in [0.717, 1.165) is 0 Å². The lowest BCUT2D eigenvalue weighted by atomic mass is 10.1. The summed E-state index contributed by atoms with van der Waals surface area (Å²) in [4.78, 5) is 22.1. The number of ketones is 1. The minimum absolute atomic E-state index is 0.0686. The van der Waals surface area contributed by atoms with Crippen molar-refractivity contribution in [3.8, 4) is 5.75 Å². The summed E-state index contributed by atoms with van der Waals surface area (Å²) in [6.45, 7) is -2.98. The van der Waals surface area contributed by atoms with Gasteiger partial charge in [0.2, 0.25) is 0 Å². The zero-order valence-corrected chi connectivity index (χ0v) is 13.6. The SMILES string of the molecule is O=C(/C=C/c1cc(Br)ccc1OC(F)F)c1ccc([N+](=O)[O-])cc1. The number of nitro benzene ring substituents is 1. The van der Waals surface area contributed by atoms with Crippen LogP contribution in [0.3, 0.4) is 0 Å². The number of benzene rings is 2. The standard InChI is InChI=1S/C16H10BrF2NO4/c17-12-4-8-15(24-16(18)19)11(9-12)3-7-14(21)10-1-5-13(6-2-10)20(22)23/h1-9,16H/b7-3+. The third-order valence-electron chi connectivity index (χ3n) is 2.96. The van der Waals surface area contributed by atoms with Crippen molar-refractivity contribution >= 4 is 33.5 Å². The third-order valence-corrected chi connectivity index (χ3v) is 3.46. The lowest BCUT2D eigenvalue weighted by Gasteiger charge is -2.08. The Morgan fingerprint density at radius 2 is 1.88 bits per heavy atom. The quantitative estimate of drug-likeness (QED) is 0.302. The normalized spacial score (nSPS) is 11.0. The molecule has 0 saturated carbocycles. The number of hydrogen-bond acceptors (Lipinski definition) is 4. The van der Waals surface area contributed by atoms with Crippen molar-refractivity contribution in [2.45, 2.75) is 6.61 Å². The highest BCUT2D eigenvalue weighted by molar-refractivity contribution is 9.10. The summed E-state index contributed by atoms with van der Waals surface area (Å²) >= 11 is 3.21. The van der Waals surface area contributed by atoms with Crippen LogP contribution in [0.25, 0.3) is 6.08 Å². The van der Waals surface area contributed by atoms with Gasteiger partial charge in [0, 0.05) is 27.7 Å². The summed E-state index contributed by atoms with van der Waals surface area (Å²) in [6.07, 6.45) is 2.52. The lowest BCUT2D eigenvalue weighted by molar-refractivity contribution is -0.384. The number of ether oxygens (including phenoxy) is 1. The van der Waals surface area contributed by atoms with Gasteiger partial charge in [-0.3, -0.25) is 14.9 Å². The lowest BCUT2D eigenvalue weighted by Crippen LogP contribution is -2.03. The Morgan fingerprint density at radius 1 is 1.21 bits per heavy atom. The second kappa shape index (κ2) is 7.78. The molecule has 8 heteroatoms. The molecule has 0 atom stereocenters. The van der Waals surface area contributed by atoms with E-state index < -0.39 is 17.3 Å². The van der Waals surface area contributed by atoms with Gasteiger partial charge in [-0.25, -0.2) is 0 Å². The molecule has 0 amide bonds. The fourth-order valence-electron chi connectivity index (χ4n) is 1.86. The molecule has 2 rings (SSSR count). The first-order valence-corrected chi connectivity index (χ1v) is 7.37. The van der Waals surface area contributed by atoms with Gasteiger partial charge in [0.05, 0.1) is 4.92 Å². The van der Waals surface area contributed by atoms with Crippen LogP contribution in [0.2, 0.25) is 0 Å². The number of nitro groups is 1. The fraction of sp³-hybridized carbons (Fsp3) is 0.0625. The predicted octanol–water partition coefficient (Wildman–Crippen LogP) is 4.85. The Bertz CT molecular complexity index is 791. The van der Waals surface area contributed by atoms with E-state index >= 15 is 0 Å². The first kappa shape index (κ1) is 17.7. The van der Waals surface area contributed by atoms with Crippen LogP contribution in [0.1, 0.15) is 15.9 Å². The summed E-state index contributed by atoms with van der Waals surface area (Å²) in [5.41, 5.74) is 0.401. The molecule has 0 aliphatic rings. The van der Waals surface area contributed by atoms with E-state index in [0.29, 0.717) is 10.0 Å². The molecule has 0 fully saturated rings. The number of carbonyl (C=O) groups is 1. The van der Waals surface area contributed by atoms with Crippen LogP contribution in [-0.2, 0) is 0 Å². The molecule has 0 aromatic heterocycles. The number of halogens is 3. The molecule has 124 valence electrons. The van der Waals surface area contributed by atoms with Gasteiger partial charge in [-0.1, -0.05) is 15.9 Å². The molecule has 0 heterocycles. The molecule has 0 spiro atoms. The maximum absolute atomic E-state index is 12.4. The molecule has 0 saturated heterocycles. The molecule has 0 aliphatic carbocycles. The summed E-state index contributed by atoms with van der Waals surface area (Å²) in [6, 6.07) is 9.48. The number of alkyl halides is 2. The van der Waals surface area contributed by atoms with Crippen molar-refractivity contribution < 1.29 is 23.2 Å². The van der Waals surface area contributed by atoms with Crippen molar-refractivity contribution in [2.24, 2.45) is 0 Å². The highest BCUT2D eigenvalue weighted by atomic mass is 79.9. The molecular weight excluding hydrogens is 388 g/mol. The van der Waals surface area contributed by atoms with E-state index in [1.807, 2.05) is 0 Å². The van der Waals surface area contributed by atoms with Gasteiger partial charge in [0.25, 0.3) is 5.69 Å². The van der Waals surface area contributed by atoms with Gasteiger partial charge in [-0.15, -0.1) is 0 Å². The van der Waals surface area contributed by atoms with Gasteiger partial charge in [0.15, 0.2) is 5.78 Å². The van der Waals surface area contributed by atoms with Gasteiger partial charge in [-0.05, 0) is 42.5 Å². The smallest absolute Gasteiger partial charge is 0.387 e. The fourth-order valence-corrected chi connectivity index (χ4v) is 2.24. The molecule has 24 heavy (non-hydrogen) atoms. The average Bonchev–Trinajstić information content (AvgIpc) is 2.54. The summed E-state index contributed by atoms with van der Waals surface area (Å²) in [5.74, 6) is -0.492. The molecule has 0 radical (unpaired) electrons. The Labute approximate surface area is 143 Å². The van der Waals surface area contributed by atoms with Crippen LogP contribution in [-0.4, -0.2) is 17.3 Å². The second-order valence-corrected chi connectivity index (χ2v) is 5.48. The van der Waals surface area contributed by atoms with Crippen molar-refractivity contribution in [1.82, 2.24) is 0 Å². The van der Waals surface area contributed by atoms with Crippen LogP contribution >= 0.6 is 15.9 Å². The van der Waals surface area contributed by atoms with Crippen molar-refractivity contribution in [3.05, 3.63) is 74.3 Å². The van der Waals surface area contributed by atoms with E-state index in [2.05, 4.69) is 20.7 Å². The molecule has 0 unspecified atom stereocenters. The van der Waals surface area contributed by atoms with Gasteiger partial charge in [-0.2, -0.15) is 8.78 Å². The maximum Gasteiger partial charge on any atom is 0.387 e. The van der Waals surface area contributed by atoms with Crippen molar-refractivity contribution in [2.75, 3.05) is 0 Å². The number of non-ortho nitro benzene ring substituents is 1. The second-order valence-electron chi connectivity index (χ2n) is 4.56. The number of hydrogen-bond donors (Lipinski definition) is 0. The highest BCUT2D eigenvalue weighted by Gasteiger charge is 2.10. The molecule has 0 N–H and O–H groups in total. The van der Waals surface area contributed by atoms with Crippen molar-refractivity contribution in [1.29, 1.82) is 0 Å². The topological polar surface area (TPSA) is 69.4 Å². The molecule has 2 aromatic carbocycles. The van der Waals surface area contributed by atoms with Crippen LogP contribution in [0.5, 0.6) is 5.75 Å². The highest BCUT2D eigenvalue weighted by Crippen LogP contribution is 2.26. The number of nitrogens with zero attached hydrogens (tertiary/aromatic N) is 1. The zero-order chi connectivity index (χ0) is 17.7. The summed E-state index contributed by atoms with van der Waals surface area (Å²) in [7, 11) is 0. The predicted molar refractivity (Wildman–Crippen MR) is 87.2 cm³/mol. The molecular formula is C16H10BrF2NO4. The Hall–Kier alpha value is -2.61. The van der Waals surface area contributed by atoms with E-state index in [4.69, 9.17) is 0 Å². The van der Waals surface area contributed by atoms with Crippen molar-refractivity contribution in [3.63, 3.8) is 0 Å². The van der Waals surface area contributed by atoms with E-state index in [9.17, 15) is 23.7 Å². The van der Waals surface area contributed by atoms with Crippen LogP contribution in [0.4, 0.5) is 14.5 Å². The Balaban J connectivity index is 2.22. The molecule has 5 nitrogen and oxygen atoms in total. The minimum atomic E-state index is -2.98. The summed E-state index contributed by atoms with van der Waals surface area (Å²) < 4.78 is 29.8. The van der Waals surface area contributed by atoms with Crippen LogP contribution < -0.4 is 4.74 Å². The number of allylic oxidation sites excluding steroid dienone is 1. The molecule has 2 aromatic rings. The van der Waals surface area contributed by atoms with Crippen LogP contribution in [0.15, 0.2) is 53.0 Å². The minimum Gasteiger partial charge on any atom is -0.434 e. The number of rotatable bonds is 6. The first-order valence-electron chi connectivity index (χ1n) is 6.58. The maximum atomic E-state index is 12.4. The molecule has 0 bridgehead atoms. The zero-order valence-electron chi connectivity index (χ0n) is 12.0. The largest absolute Gasteiger partial charge is 0.434 e. The molecule has 0 aliphatic heterocycles. The van der Waals surface area contributed by atoms with Gasteiger partial charge >= 0.3 is 6.61 Å². The van der Waals surface area contributed by atoms with E-state index in [-0.39, 0.29) is 17.0 Å². The Kier molecular flexibility index (Phi) is 5.75. The Morgan fingerprint density at radius 3 is 2.46 bits per heavy atom. The number of carbonyl (C=O) groups excluding carboxylic acids is 1. The summed E-state index contributed by atoms with van der Waals surface area (Å²) in [5, 5.41) is 10.6. The monoisotopic (exact) mass is 397 g/mol. The van der Waals surface area contributed by atoms with E-state index in [1.54, 1.807) is 0 Å². The van der Waals surface area contributed by atoms with Crippen LogP contribution in [0, 0.1) is 10.1 Å². The van der Waals surface area contributed by atoms with E-state index in [1.165, 1.54) is 54.6 Å². The third kappa shape index (κ3) is 4.69. The van der Waals surface area contributed by atoms with Gasteiger partial charge in [0.1, 0.15) is 5.75 Å².